The summed E-state index contributed by atoms with van der Waals surface area (Å²) in [7, 11) is 0. The van der Waals surface area contributed by atoms with Crippen LogP contribution in [0.3, 0.4) is 0 Å². The van der Waals surface area contributed by atoms with Crippen LogP contribution in [-0.4, -0.2) is 11.5 Å². The second-order valence-corrected chi connectivity index (χ2v) is 3.82. The Labute approximate surface area is 101 Å². The Bertz CT molecular complexity index is 453. The number of rotatable bonds is 4. The molecule has 2 aromatic rings. The van der Waals surface area contributed by atoms with E-state index in [2.05, 4.69) is 17.2 Å². The van der Waals surface area contributed by atoms with Gasteiger partial charge < -0.3 is 5.32 Å². The molecule has 2 rings (SSSR count). The summed E-state index contributed by atoms with van der Waals surface area (Å²) in [6, 6.07) is 10.6. The molecule has 0 amide bonds. The van der Waals surface area contributed by atoms with Gasteiger partial charge in [0.05, 0.1) is 6.04 Å². The van der Waals surface area contributed by atoms with E-state index in [0.717, 1.165) is 17.7 Å². The molecule has 1 aromatic carbocycles. The van der Waals surface area contributed by atoms with E-state index in [1.54, 1.807) is 12.4 Å². The van der Waals surface area contributed by atoms with Gasteiger partial charge in [-0.25, -0.2) is 4.39 Å². The molecule has 0 aliphatic heterocycles. The maximum absolute atomic E-state index is 12.9. The third-order valence-corrected chi connectivity index (χ3v) is 2.65. The lowest BCUT2D eigenvalue weighted by molar-refractivity contribution is 0.613. The molecule has 0 aliphatic rings. The molecule has 0 fully saturated rings. The fourth-order valence-corrected chi connectivity index (χ4v) is 1.84. The maximum atomic E-state index is 12.9. The quantitative estimate of drug-likeness (QED) is 0.873. The maximum Gasteiger partial charge on any atom is 0.123 e. The number of halogens is 1. The van der Waals surface area contributed by atoms with Crippen molar-refractivity contribution in [1.29, 1.82) is 0 Å². The summed E-state index contributed by atoms with van der Waals surface area (Å²) < 4.78 is 12.9. The van der Waals surface area contributed by atoms with Gasteiger partial charge in [-0.2, -0.15) is 0 Å². The fourth-order valence-electron chi connectivity index (χ4n) is 1.84. The third-order valence-electron chi connectivity index (χ3n) is 2.65. The van der Waals surface area contributed by atoms with Crippen LogP contribution in [0.15, 0.2) is 48.8 Å². The van der Waals surface area contributed by atoms with Crippen LogP contribution < -0.4 is 5.32 Å². The van der Waals surface area contributed by atoms with Gasteiger partial charge in [0.2, 0.25) is 0 Å². The molecule has 1 heterocycles. The van der Waals surface area contributed by atoms with Gasteiger partial charge >= 0.3 is 0 Å². The van der Waals surface area contributed by atoms with Crippen molar-refractivity contribution in [3.8, 4) is 0 Å². The second kappa shape index (κ2) is 5.55. The number of hydrogen-bond acceptors (Lipinski definition) is 2. The van der Waals surface area contributed by atoms with Crippen LogP contribution in [0.25, 0.3) is 0 Å². The van der Waals surface area contributed by atoms with Gasteiger partial charge in [0.1, 0.15) is 5.82 Å². The smallest absolute Gasteiger partial charge is 0.123 e. The summed E-state index contributed by atoms with van der Waals surface area (Å²) in [5.41, 5.74) is 2.19. The highest BCUT2D eigenvalue weighted by Gasteiger charge is 2.12. The van der Waals surface area contributed by atoms with E-state index in [0.29, 0.717) is 0 Å². The van der Waals surface area contributed by atoms with E-state index in [4.69, 9.17) is 0 Å². The van der Waals surface area contributed by atoms with E-state index in [1.165, 1.54) is 12.1 Å². The zero-order chi connectivity index (χ0) is 12.1. The molecule has 17 heavy (non-hydrogen) atoms. The molecule has 0 radical (unpaired) electrons. The highest BCUT2D eigenvalue weighted by atomic mass is 19.1. The van der Waals surface area contributed by atoms with Crippen molar-refractivity contribution in [2.24, 2.45) is 0 Å². The Morgan fingerprint density at radius 1 is 1.06 bits per heavy atom. The lowest BCUT2D eigenvalue weighted by Gasteiger charge is -2.18. The summed E-state index contributed by atoms with van der Waals surface area (Å²) in [6.07, 6.45) is 3.53. The molecule has 1 N–H and O–H groups in total. The van der Waals surface area contributed by atoms with Gasteiger partial charge in [-0.1, -0.05) is 19.1 Å². The van der Waals surface area contributed by atoms with E-state index in [1.807, 2.05) is 24.3 Å². The largest absolute Gasteiger partial charge is 0.307 e. The van der Waals surface area contributed by atoms with E-state index in [9.17, 15) is 4.39 Å². The van der Waals surface area contributed by atoms with Gasteiger partial charge in [0.15, 0.2) is 0 Å². The zero-order valence-electron chi connectivity index (χ0n) is 9.73. The first-order chi connectivity index (χ1) is 8.31. The van der Waals surface area contributed by atoms with Crippen LogP contribution in [0, 0.1) is 5.82 Å². The topological polar surface area (TPSA) is 24.9 Å². The summed E-state index contributed by atoms with van der Waals surface area (Å²) in [6.45, 7) is 2.90. The van der Waals surface area contributed by atoms with Crippen LogP contribution in [0.1, 0.15) is 24.1 Å². The molecule has 88 valence electrons. The molecule has 0 bridgehead atoms. The highest BCUT2D eigenvalue weighted by Crippen LogP contribution is 2.21. The molecule has 1 aromatic heterocycles. The van der Waals surface area contributed by atoms with Crippen LogP contribution >= 0.6 is 0 Å². The summed E-state index contributed by atoms with van der Waals surface area (Å²) in [5, 5.41) is 3.38. The first-order valence-corrected chi connectivity index (χ1v) is 5.70. The molecule has 0 aliphatic carbocycles. The van der Waals surface area contributed by atoms with Crippen LogP contribution in [0.5, 0.6) is 0 Å². The van der Waals surface area contributed by atoms with Crippen LogP contribution in [0.2, 0.25) is 0 Å². The predicted octanol–water partition coefficient (Wildman–Crippen LogP) is 2.92. The molecule has 1 atom stereocenters. The lowest BCUT2D eigenvalue weighted by Crippen LogP contribution is -2.21. The van der Waals surface area contributed by atoms with E-state index in [-0.39, 0.29) is 11.9 Å². The molecular formula is C14H15FN2. The van der Waals surface area contributed by atoms with Crippen molar-refractivity contribution < 1.29 is 4.39 Å². The molecule has 2 nitrogen and oxygen atoms in total. The highest BCUT2D eigenvalue weighted by molar-refractivity contribution is 5.30. The SMILES string of the molecule is CCNC(c1ccncc1)c1ccc(F)cc1. The lowest BCUT2D eigenvalue weighted by atomic mass is 10.00. The number of nitrogens with zero attached hydrogens (tertiary/aromatic N) is 1. The molecular weight excluding hydrogens is 215 g/mol. The van der Waals surface area contributed by atoms with Gasteiger partial charge in [0, 0.05) is 12.4 Å². The average molecular weight is 230 g/mol. The second-order valence-electron chi connectivity index (χ2n) is 3.82. The van der Waals surface area contributed by atoms with Crippen LogP contribution in [-0.2, 0) is 0 Å². The zero-order valence-corrected chi connectivity index (χ0v) is 9.73. The molecule has 0 spiro atoms. The van der Waals surface area contributed by atoms with Crippen LogP contribution in [0.4, 0.5) is 4.39 Å². The van der Waals surface area contributed by atoms with Crippen molar-refractivity contribution in [3.63, 3.8) is 0 Å². The van der Waals surface area contributed by atoms with Gasteiger partial charge in [-0.05, 0) is 41.9 Å². The minimum absolute atomic E-state index is 0.0867. The van der Waals surface area contributed by atoms with Gasteiger partial charge in [0.25, 0.3) is 0 Å². The van der Waals surface area contributed by atoms with Crippen molar-refractivity contribution in [3.05, 3.63) is 65.7 Å². The normalized spacial score (nSPS) is 12.4. The van der Waals surface area contributed by atoms with Crippen molar-refractivity contribution in [2.75, 3.05) is 6.54 Å². The molecule has 0 saturated carbocycles. The Morgan fingerprint density at radius 2 is 1.65 bits per heavy atom. The number of aromatic nitrogens is 1. The van der Waals surface area contributed by atoms with Gasteiger partial charge in [-0.15, -0.1) is 0 Å². The van der Waals surface area contributed by atoms with Gasteiger partial charge in [-0.3, -0.25) is 4.98 Å². The molecule has 3 heteroatoms. The number of nitrogens with one attached hydrogen (secondary N) is 1. The fraction of sp³-hybridized carbons (Fsp3) is 0.214. The van der Waals surface area contributed by atoms with Crippen molar-refractivity contribution in [2.45, 2.75) is 13.0 Å². The standard InChI is InChI=1S/C14H15FN2/c1-2-17-14(12-7-9-16-10-8-12)11-3-5-13(15)6-4-11/h3-10,14,17H,2H2,1H3. The average Bonchev–Trinajstić information content (AvgIpc) is 2.38. The van der Waals surface area contributed by atoms with E-state index >= 15 is 0 Å². The van der Waals surface area contributed by atoms with E-state index < -0.39 is 0 Å². The number of benzene rings is 1. The minimum Gasteiger partial charge on any atom is -0.307 e. The number of pyridine rings is 1. The monoisotopic (exact) mass is 230 g/mol. The Kier molecular flexibility index (Phi) is 3.83. The summed E-state index contributed by atoms with van der Waals surface area (Å²) >= 11 is 0. The Hall–Kier alpha value is -1.74. The van der Waals surface area contributed by atoms with Crippen molar-refractivity contribution >= 4 is 0 Å². The first kappa shape index (κ1) is 11.7. The number of hydrogen-bond donors (Lipinski definition) is 1. The Morgan fingerprint density at radius 3 is 2.24 bits per heavy atom. The molecule has 1 unspecified atom stereocenters. The predicted molar refractivity (Wildman–Crippen MR) is 66.2 cm³/mol. The summed E-state index contributed by atoms with van der Waals surface area (Å²) in [4.78, 5) is 4.01. The minimum atomic E-state index is -0.210. The summed E-state index contributed by atoms with van der Waals surface area (Å²) in [5.74, 6) is -0.210. The third kappa shape index (κ3) is 2.88. The van der Waals surface area contributed by atoms with Crippen molar-refractivity contribution in [1.82, 2.24) is 10.3 Å². The Balaban J connectivity index is 2.32. The first-order valence-electron chi connectivity index (χ1n) is 5.70. The molecule has 0 saturated heterocycles.